The van der Waals surface area contributed by atoms with E-state index in [1.54, 1.807) is 12.5 Å². The van der Waals surface area contributed by atoms with E-state index in [0.717, 1.165) is 48.7 Å². The van der Waals surface area contributed by atoms with Crippen molar-refractivity contribution in [3.63, 3.8) is 0 Å². The monoisotopic (exact) mass is 439 g/mol. The molecule has 1 unspecified atom stereocenters. The number of halogens is 1. The first-order chi connectivity index (χ1) is 15.0. The van der Waals surface area contributed by atoms with Crippen LogP contribution in [0, 0.1) is 6.92 Å². The normalized spacial score (nSPS) is 15.5. The van der Waals surface area contributed by atoms with Crippen molar-refractivity contribution in [3.8, 4) is 5.69 Å². The number of carbonyl (C=O) groups is 1. The molecule has 2 N–H and O–H groups in total. The lowest BCUT2D eigenvalue weighted by Crippen LogP contribution is -2.28. The minimum absolute atomic E-state index is 0.186. The van der Waals surface area contributed by atoms with Gasteiger partial charge in [-0.05, 0) is 49.9 Å². The summed E-state index contributed by atoms with van der Waals surface area (Å²) in [4.78, 5) is 21.5. The van der Waals surface area contributed by atoms with Crippen molar-refractivity contribution in [1.29, 1.82) is 0 Å². The number of aryl methyl sites for hydroxylation is 1. The molecule has 8 heteroatoms. The molecule has 1 atom stereocenters. The molecule has 1 aromatic carbocycles. The van der Waals surface area contributed by atoms with Gasteiger partial charge in [-0.15, -0.1) is 0 Å². The van der Waals surface area contributed by atoms with Gasteiger partial charge in [-0.1, -0.05) is 23.7 Å². The van der Waals surface area contributed by atoms with Crippen molar-refractivity contribution >= 4 is 23.3 Å². The van der Waals surface area contributed by atoms with E-state index in [1.807, 2.05) is 54.9 Å². The van der Waals surface area contributed by atoms with Gasteiger partial charge >= 0.3 is 0 Å². The molecule has 7 nitrogen and oxygen atoms in total. The lowest BCUT2D eigenvalue weighted by atomic mass is 10.1. The van der Waals surface area contributed by atoms with Gasteiger partial charge in [-0.25, -0.2) is 9.97 Å². The van der Waals surface area contributed by atoms with Gasteiger partial charge in [0.05, 0.1) is 11.7 Å². The SMILES string of the molecule is Cc1cnc(NC2CCOCC2)cc1-n1cnc(C(=O)NC(C)c2cccc(Cl)c2)c1. The fraction of sp³-hybridized carbons (Fsp3) is 0.348. The molecule has 3 aromatic rings. The summed E-state index contributed by atoms with van der Waals surface area (Å²) in [5.41, 5.74) is 3.21. The summed E-state index contributed by atoms with van der Waals surface area (Å²) in [5, 5.41) is 7.10. The summed E-state index contributed by atoms with van der Waals surface area (Å²) >= 11 is 6.06. The van der Waals surface area contributed by atoms with Gasteiger partial charge in [-0.3, -0.25) is 4.79 Å². The van der Waals surface area contributed by atoms with Crippen LogP contribution < -0.4 is 10.6 Å². The fourth-order valence-electron chi connectivity index (χ4n) is 3.62. The van der Waals surface area contributed by atoms with E-state index in [4.69, 9.17) is 16.3 Å². The van der Waals surface area contributed by atoms with Crippen molar-refractivity contribution in [3.05, 3.63) is 70.9 Å². The summed E-state index contributed by atoms with van der Waals surface area (Å²) in [5.74, 6) is 0.570. The highest BCUT2D eigenvalue weighted by Gasteiger charge is 2.17. The minimum Gasteiger partial charge on any atom is -0.381 e. The predicted molar refractivity (Wildman–Crippen MR) is 121 cm³/mol. The minimum atomic E-state index is -0.238. The van der Waals surface area contributed by atoms with Crippen LogP contribution in [0.2, 0.25) is 5.02 Å². The Morgan fingerprint density at radius 2 is 2.06 bits per heavy atom. The fourth-order valence-corrected chi connectivity index (χ4v) is 3.82. The Morgan fingerprint density at radius 3 is 2.84 bits per heavy atom. The third-order valence-corrected chi connectivity index (χ3v) is 5.67. The van der Waals surface area contributed by atoms with Crippen LogP contribution in [0.4, 0.5) is 5.82 Å². The Hall–Kier alpha value is -2.90. The van der Waals surface area contributed by atoms with Crippen molar-refractivity contribution < 1.29 is 9.53 Å². The molecule has 1 fully saturated rings. The molecule has 1 aliphatic heterocycles. The van der Waals surface area contributed by atoms with Crippen molar-refractivity contribution in [1.82, 2.24) is 19.9 Å². The second kappa shape index (κ2) is 9.49. The van der Waals surface area contributed by atoms with Crippen LogP contribution in [0.5, 0.6) is 0 Å². The third kappa shape index (κ3) is 5.24. The molecule has 1 aliphatic rings. The molecule has 4 rings (SSSR count). The number of benzene rings is 1. The number of amides is 1. The van der Waals surface area contributed by atoms with Gasteiger partial charge in [-0.2, -0.15) is 0 Å². The average Bonchev–Trinajstić information content (AvgIpc) is 3.26. The highest BCUT2D eigenvalue weighted by molar-refractivity contribution is 6.30. The number of aromatic nitrogens is 3. The zero-order chi connectivity index (χ0) is 21.8. The number of nitrogens with zero attached hydrogens (tertiary/aromatic N) is 3. The topological polar surface area (TPSA) is 81.1 Å². The molecule has 0 spiro atoms. The lowest BCUT2D eigenvalue weighted by Gasteiger charge is -2.24. The van der Waals surface area contributed by atoms with Crippen LogP contribution in [-0.4, -0.2) is 39.7 Å². The second-order valence-electron chi connectivity index (χ2n) is 7.80. The number of nitrogens with one attached hydrogen (secondary N) is 2. The number of pyridine rings is 1. The summed E-state index contributed by atoms with van der Waals surface area (Å²) in [6, 6.07) is 9.61. The molecule has 0 radical (unpaired) electrons. The molecule has 0 saturated carbocycles. The predicted octanol–water partition coefficient (Wildman–Crippen LogP) is 4.31. The number of imidazole rings is 1. The Kier molecular flexibility index (Phi) is 6.53. The molecule has 1 saturated heterocycles. The van der Waals surface area contributed by atoms with Gasteiger partial charge in [0, 0.05) is 42.7 Å². The molecule has 31 heavy (non-hydrogen) atoms. The highest BCUT2D eigenvalue weighted by atomic mass is 35.5. The van der Waals surface area contributed by atoms with Crippen LogP contribution in [0.1, 0.15) is 47.4 Å². The Labute approximate surface area is 186 Å². The maximum absolute atomic E-state index is 12.7. The maximum Gasteiger partial charge on any atom is 0.271 e. The van der Waals surface area contributed by atoms with Gasteiger partial charge in [0.2, 0.25) is 0 Å². The number of rotatable bonds is 6. The molecular weight excluding hydrogens is 414 g/mol. The Morgan fingerprint density at radius 1 is 1.26 bits per heavy atom. The molecule has 0 aliphatic carbocycles. The summed E-state index contributed by atoms with van der Waals surface area (Å²) in [6.45, 7) is 5.44. The first-order valence-electron chi connectivity index (χ1n) is 10.4. The van der Waals surface area contributed by atoms with Crippen LogP contribution in [0.25, 0.3) is 5.69 Å². The van der Waals surface area contributed by atoms with Crippen molar-refractivity contribution in [2.75, 3.05) is 18.5 Å². The molecule has 2 aromatic heterocycles. The number of hydrogen-bond donors (Lipinski definition) is 2. The highest BCUT2D eigenvalue weighted by Crippen LogP contribution is 2.21. The number of anilines is 1. The summed E-state index contributed by atoms with van der Waals surface area (Å²) in [6.07, 6.45) is 7.15. The molecule has 1 amide bonds. The van der Waals surface area contributed by atoms with Gasteiger partial charge < -0.3 is 19.9 Å². The zero-order valence-corrected chi connectivity index (χ0v) is 18.4. The first-order valence-corrected chi connectivity index (χ1v) is 10.8. The third-order valence-electron chi connectivity index (χ3n) is 5.44. The number of ether oxygens (including phenoxy) is 1. The molecule has 3 heterocycles. The van der Waals surface area contributed by atoms with Crippen LogP contribution >= 0.6 is 11.6 Å². The van der Waals surface area contributed by atoms with Crippen LogP contribution in [0.3, 0.4) is 0 Å². The quantitative estimate of drug-likeness (QED) is 0.598. The molecule has 0 bridgehead atoms. The van der Waals surface area contributed by atoms with E-state index in [9.17, 15) is 4.79 Å². The second-order valence-corrected chi connectivity index (χ2v) is 8.24. The molecular formula is C23H26ClN5O2. The van der Waals surface area contributed by atoms with E-state index in [2.05, 4.69) is 20.6 Å². The largest absolute Gasteiger partial charge is 0.381 e. The van der Waals surface area contributed by atoms with Crippen LogP contribution in [-0.2, 0) is 4.74 Å². The average molecular weight is 440 g/mol. The summed E-state index contributed by atoms with van der Waals surface area (Å²) in [7, 11) is 0. The van der Waals surface area contributed by atoms with E-state index in [0.29, 0.717) is 16.8 Å². The van der Waals surface area contributed by atoms with E-state index in [-0.39, 0.29) is 11.9 Å². The van der Waals surface area contributed by atoms with Gasteiger partial charge in [0.1, 0.15) is 17.8 Å². The van der Waals surface area contributed by atoms with Gasteiger partial charge in [0.25, 0.3) is 5.91 Å². The maximum atomic E-state index is 12.7. The van der Waals surface area contributed by atoms with Crippen molar-refractivity contribution in [2.24, 2.45) is 0 Å². The zero-order valence-electron chi connectivity index (χ0n) is 17.6. The summed E-state index contributed by atoms with van der Waals surface area (Å²) < 4.78 is 7.27. The van der Waals surface area contributed by atoms with Crippen molar-refractivity contribution in [2.45, 2.75) is 38.8 Å². The molecule has 162 valence electrons. The first kappa shape index (κ1) is 21.3. The van der Waals surface area contributed by atoms with Gasteiger partial charge in [0.15, 0.2) is 0 Å². The van der Waals surface area contributed by atoms with E-state index >= 15 is 0 Å². The Bertz CT molecular complexity index is 1060. The lowest BCUT2D eigenvalue weighted by molar-refractivity contribution is 0.0903. The van der Waals surface area contributed by atoms with E-state index in [1.165, 1.54) is 0 Å². The number of carbonyl (C=O) groups excluding carboxylic acids is 1. The standard InChI is InChI=1S/C23H26ClN5O2/c1-15-12-25-22(28-19-6-8-31-9-7-19)11-21(15)29-13-20(26-14-29)23(30)27-16(2)17-4-3-5-18(24)10-17/h3-5,10-14,16,19H,6-9H2,1-2H3,(H,25,28)(H,27,30). The Balaban J connectivity index is 1.47. The number of hydrogen-bond acceptors (Lipinski definition) is 5. The van der Waals surface area contributed by atoms with Crippen LogP contribution in [0.15, 0.2) is 49.1 Å². The smallest absolute Gasteiger partial charge is 0.271 e. The van der Waals surface area contributed by atoms with E-state index < -0.39 is 0 Å².